The number of nitrogens with zero attached hydrogens (tertiary/aromatic N) is 3. The number of sulfonamides is 1. The highest BCUT2D eigenvalue weighted by Crippen LogP contribution is 2.20. The smallest absolute Gasteiger partial charge is 0.241 e. The molecule has 0 bridgehead atoms. The van der Waals surface area contributed by atoms with Crippen molar-refractivity contribution < 1.29 is 8.42 Å². The summed E-state index contributed by atoms with van der Waals surface area (Å²) < 4.78 is 29.3. The second-order valence-corrected chi connectivity index (χ2v) is 6.74. The summed E-state index contributed by atoms with van der Waals surface area (Å²) in [6.45, 7) is 1.86. The monoisotopic (exact) mass is 344 g/mol. The van der Waals surface area contributed by atoms with Gasteiger partial charge in [0.05, 0.1) is 11.4 Å². The Hall–Kier alpha value is -1.25. The minimum absolute atomic E-state index is 0.102. The standard InChI is InChI=1S/C11H13BrN4O2S/c1-8-3-4-9(12)5-10(8)19(17,18)14-6-11-15-13-7-16(11)2/h3-5,7,14H,6H2,1-2H3. The van der Waals surface area contributed by atoms with E-state index in [4.69, 9.17) is 0 Å². The molecule has 1 heterocycles. The van der Waals surface area contributed by atoms with Crippen molar-refractivity contribution in [3.05, 3.63) is 40.4 Å². The van der Waals surface area contributed by atoms with E-state index in [0.29, 0.717) is 11.4 Å². The van der Waals surface area contributed by atoms with Crippen LogP contribution in [-0.4, -0.2) is 23.2 Å². The first-order valence-corrected chi connectivity index (χ1v) is 7.76. The van der Waals surface area contributed by atoms with Crippen LogP contribution in [0.4, 0.5) is 0 Å². The third kappa shape index (κ3) is 3.20. The van der Waals surface area contributed by atoms with E-state index in [9.17, 15) is 8.42 Å². The normalized spacial score (nSPS) is 11.7. The molecule has 0 radical (unpaired) electrons. The lowest BCUT2D eigenvalue weighted by atomic mass is 10.2. The van der Waals surface area contributed by atoms with Gasteiger partial charge in [0.15, 0.2) is 0 Å². The van der Waals surface area contributed by atoms with E-state index in [0.717, 1.165) is 4.47 Å². The SMILES string of the molecule is Cc1ccc(Br)cc1S(=O)(=O)NCc1nncn1C. The van der Waals surface area contributed by atoms with Crippen molar-refractivity contribution in [3.63, 3.8) is 0 Å². The third-order valence-electron chi connectivity index (χ3n) is 2.67. The molecule has 6 nitrogen and oxygen atoms in total. The average molecular weight is 345 g/mol. The van der Waals surface area contributed by atoms with Crippen LogP contribution in [0.25, 0.3) is 0 Å². The first-order valence-electron chi connectivity index (χ1n) is 5.49. The molecule has 1 aromatic heterocycles. The fourth-order valence-corrected chi connectivity index (χ4v) is 3.33. The quantitative estimate of drug-likeness (QED) is 0.908. The maximum absolute atomic E-state index is 12.2. The van der Waals surface area contributed by atoms with Crippen molar-refractivity contribution in [2.24, 2.45) is 7.05 Å². The van der Waals surface area contributed by atoms with Gasteiger partial charge >= 0.3 is 0 Å². The molecular formula is C11H13BrN4O2S. The highest BCUT2D eigenvalue weighted by molar-refractivity contribution is 9.10. The molecule has 1 aromatic carbocycles. The molecule has 0 saturated heterocycles. The van der Waals surface area contributed by atoms with Gasteiger partial charge in [-0.1, -0.05) is 22.0 Å². The van der Waals surface area contributed by atoms with Crippen molar-refractivity contribution in [3.8, 4) is 0 Å². The zero-order valence-corrected chi connectivity index (χ0v) is 12.9. The van der Waals surface area contributed by atoms with Crippen molar-refractivity contribution in [1.82, 2.24) is 19.5 Å². The molecule has 2 rings (SSSR count). The summed E-state index contributed by atoms with van der Waals surface area (Å²) in [5, 5.41) is 7.53. The Kier molecular flexibility index (Phi) is 4.02. The minimum Gasteiger partial charge on any atom is -0.320 e. The van der Waals surface area contributed by atoms with Crippen LogP contribution in [0.15, 0.2) is 33.9 Å². The van der Waals surface area contributed by atoms with E-state index in [1.54, 1.807) is 36.7 Å². The second-order valence-electron chi connectivity index (χ2n) is 4.09. The largest absolute Gasteiger partial charge is 0.320 e. The third-order valence-corrected chi connectivity index (χ3v) is 4.70. The minimum atomic E-state index is -3.57. The molecule has 0 aliphatic carbocycles. The Labute approximate surface area is 120 Å². The summed E-state index contributed by atoms with van der Waals surface area (Å²) in [6, 6.07) is 5.13. The van der Waals surface area contributed by atoms with Gasteiger partial charge in [0.2, 0.25) is 10.0 Å². The molecule has 0 spiro atoms. The van der Waals surface area contributed by atoms with Gasteiger partial charge in [0.1, 0.15) is 12.2 Å². The molecule has 0 aliphatic heterocycles. The van der Waals surface area contributed by atoms with Gasteiger partial charge < -0.3 is 4.57 Å². The maximum atomic E-state index is 12.2. The zero-order chi connectivity index (χ0) is 14.0. The Balaban J connectivity index is 2.23. The van der Waals surface area contributed by atoms with Gasteiger partial charge in [-0.3, -0.25) is 0 Å². The van der Waals surface area contributed by atoms with Crippen molar-refractivity contribution >= 4 is 26.0 Å². The van der Waals surface area contributed by atoms with Crippen LogP contribution >= 0.6 is 15.9 Å². The van der Waals surface area contributed by atoms with Gasteiger partial charge in [-0.2, -0.15) is 0 Å². The van der Waals surface area contributed by atoms with E-state index in [1.165, 1.54) is 6.33 Å². The van der Waals surface area contributed by atoms with Crippen LogP contribution in [-0.2, 0) is 23.6 Å². The summed E-state index contributed by atoms with van der Waals surface area (Å²) in [7, 11) is -1.81. The average Bonchev–Trinajstić information content (AvgIpc) is 2.75. The molecule has 1 N–H and O–H groups in total. The van der Waals surface area contributed by atoms with E-state index in [2.05, 4.69) is 30.8 Å². The van der Waals surface area contributed by atoms with Crippen molar-refractivity contribution in [2.75, 3.05) is 0 Å². The fraction of sp³-hybridized carbons (Fsp3) is 0.273. The molecule has 0 atom stereocenters. The lowest BCUT2D eigenvalue weighted by Gasteiger charge is -2.09. The second kappa shape index (κ2) is 5.40. The fourth-order valence-electron chi connectivity index (χ4n) is 1.57. The van der Waals surface area contributed by atoms with Crippen molar-refractivity contribution in [2.45, 2.75) is 18.4 Å². The number of hydrogen-bond donors (Lipinski definition) is 1. The lowest BCUT2D eigenvalue weighted by molar-refractivity contribution is 0.576. The Bertz CT molecular complexity index is 696. The Morgan fingerprint density at radius 3 is 2.79 bits per heavy atom. The number of aromatic nitrogens is 3. The van der Waals surface area contributed by atoms with E-state index in [-0.39, 0.29) is 11.4 Å². The van der Waals surface area contributed by atoms with Crippen LogP contribution in [0.2, 0.25) is 0 Å². The maximum Gasteiger partial charge on any atom is 0.241 e. The van der Waals surface area contributed by atoms with Crippen LogP contribution in [0, 0.1) is 6.92 Å². The van der Waals surface area contributed by atoms with Gasteiger partial charge in [-0.25, -0.2) is 13.1 Å². The summed E-state index contributed by atoms with van der Waals surface area (Å²) in [6.07, 6.45) is 1.52. The summed E-state index contributed by atoms with van der Waals surface area (Å²) in [4.78, 5) is 0.254. The molecule has 8 heteroatoms. The van der Waals surface area contributed by atoms with Crippen LogP contribution in [0.1, 0.15) is 11.4 Å². The highest BCUT2D eigenvalue weighted by atomic mass is 79.9. The molecule has 2 aromatic rings. The molecule has 102 valence electrons. The molecule has 0 amide bonds. The molecule has 0 fully saturated rings. The van der Waals surface area contributed by atoms with Crippen LogP contribution in [0.5, 0.6) is 0 Å². The number of hydrogen-bond acceptors (Lipinski definition) is 4. The molecular weight excluding hydrogens is 332 g/mol. The van der Waals surface area contributed by atoms with E-state index in [1.807, 2.05) is 0 Å². The molecule has 0 unspecified atom stereocenters. The zero-order valence-electron chi connectivity index (χ0n) is 10.5. The van der Waals surface area contributed by atoms with Crippen LogP contribution < -0.4 is 4.72 Å². The number of rotatable bonds is 4. The predicted octanol–water partition coefficient (Wildman–Crippen LogP) is 1.36. The first kappa shape index (κ1) is 14.2. The van der Waals surface area contributed by atoms with Gasteiger partial charge in [-0.05, 0) is 24.6 Å². The number of benzene rings is 1. The van der Waals surface area contributed by atoms with E-state index >= 15 is 0 Å². The first-order chi connectivity index (χ1) is 8.90. The Morgan fingerprint density at radius 2 is 2.16 bits per heavy atom. The highest BCUT2D eigenvalue weighted by Gasteiger charge is 2.17. The molecule has 0 aliphatic rings. The number of nitrogens with one attached hydrogen (secondary N) is 1. The molecule has 0 saturated carbocycles. The number of aryl methyl sites for hydroxylation is 2. The summed E-state index contributed by atoms with van der Waals surface area (Å²) in [5.41, 5.74) is 0.689. The summed E-state index contributed by atoms with van der Waals surface area (Å²) in [5.74, 6) is 0.552. The van der Waals surface area contributed by atoms with Gasteiger partial charge in [0.25, 0.3) is 0 Å². The summed E-state index contributed by atoms with van der Waals surface area (Å²) >= 11 is 3.27. The predicted molar refractivity (Wildman–Crippen MR) is 73.9 cm³/mol. The van der Waals surface area contributed by atoms with Crippen molar-refractivity contribution in [1.29, 1.82) is 0 Å². The Morgan fingerprint density at radius 1 is 1.42 bits per heavy atom. The van der Waals surface area contributed by atoms with E-state index < -0.39 is 10.0 Å². The lowest BCUT2D eigenvalue weighted by Crippen LogP contribution is -2.25. The van der Waals surface area contributed by atoms with Crippen LogP contribution in [0.3, 0.4) is 0 Å². The van der Waals surface area contributed by atoms with Gasteiger partial charge in [-0.15, -0.1) is 10.2 Å². The molecule has 19 heavy (non-hydrogen) atoms. The topological polar surface area (TPSA) is 76.9 Å². The van der Waals surface area contributed by atoms with Gasteiger partial charge in [0, 0.05) is 11.5 Å². The number of halogens is 1.